The maximum atomic E-state index is 6.29. The minimum absolute atomic E-state index is 0.685. The molecule has 0 bridgehead atoms. The Morgan fingerprint density at radius 1 is 0.963 bits per heavy atom. The van der Waals surface area contributed by atoms with Crippen LogP contribution in [0.4, 0.5) is 11.5 Å². The van der Waals surface area contributed by atoms with Crippen molar-refractivity contribution in [3.8, 4) is 11.3 Å². The molecule has 4 nitrogen and oxygen atoms in total. The highest BCUT2D eigenvalue weighted by Crippen LogP contribution is 2.33. The van der Waals surface area contributed by atoms with Gasteiger partial charge < -0.3 is 4.98 Å². The minimum atomic E-state index is 0.685. The third-order valence-corrected chi connectivity index (χ3v) is 5.12. The van der Waals surface area contributed by atoms with E-state index < -0.39 is 0 Å². The number of H-pyrrole nitrogens is 2. The van der Waals surface area contributed by atoms with E-state index >= 15 is 0 Å². The summed E-state index contributed by atoms with van der Waals surface area (Å²) in [5, 5.41) is 5.46. The molecular formula is C22H18ClN4+. The summed E-state index contributed by atoms with van der Waals surface area (Å²) >= 11 is 6.29. The van der Waals surface area contributed by atoms with Crippen LogP contribution in [0.3, 0.4) is 0 Å². The molecule has 0 aliphatic rings. The zero-order chi connectivity index (χ0) is 18.4. The van der Waals surface area contributed by atoms with E-state index in [0.717, 1.165) is 33.9 Å². The Balaban J connectivity index is 1.78. The smallest absolute Gasteiger partial charge is 0.271 e. The Kier molecular flexibility index (Phi) is 3.66. The number of hydrogen-bond donors (Lipinski definition) is 3. The number of pyridine rings is 1. The monoisotopic (exact) mass is 373 g/mol. The summed E-state index contributed by atoms with van der Waals surface area (Å²) < 4.78 is 2.06. The average Bonchev–Trinajstić information content (AvgIpc) is 3.25. The Morgan fingerprint density at radius 3 is 2.67 bits per heavy atom. The second-order valence-corrected chi connectivity index (χ2v) is 7.08. The van der Waals surface area contributed by atoms with E-state index in [1.54, 1.807) is 0 Å². The van der Waals surface area contributed by atoms with E-state index in [4.69, 9.17) is 11.6 Å². The number of rotatable bonds is 3. The van der Waals surface area contributed by atoms with Gasteiger partial charge in [-0.3, -0.25) is 10.3 Å². The van der Waals surface area contributed by atoms with Gasteiger partial charge in [0.05, 0.1) is 16.9 Å². The van der Waals surface area contributed by atoms with Gasteiger partial charge in [-0.15, -0.1) is 0 Å². The number of nitrogens with zero attached hydrogens (tertiary/aromatic N) is 1. The molecule has 0 unspecified atom stereocenters. The fourth-order valence-corrected chi connectivity index (χ4v) is 3.67. The van der Waals surface area contributed by atoms with Gasteiger partial charge in [-0.1, -0.05) is 48.0 Å². The number of aromatic nitrogens is 3. The van der Waals surface area contributed by atoms with Crippen molar-refractivity contribution in [1.29, 1.82) is 0 Å². The summed E-state index contributed by atoms with van der Waals surface area (Å²) in [7, 11) is 0. The average molecular weight is 374 g/mol. The molecule has 3 N–H and O–H groups in total. The number of para-hydroxylation sites is 2. The van der Waals surface area contributed by atoms with E-state index in [-0.39, 0.29) is 0 Å². The Labute approximate surface area is 161 Å². The number of nitrogens with one attached hydrogen (secondary N) is 3. The number of aromatic amines is 2. The molecule has 0 amide bonds. The lowest BCUT2D eigenvalue weighted by atomic mass is 10.1. The summed E-state index contributed by atoms with van der Waals surface area (Å²) in [6.07, 6.45) is 3.97. The SMILES string of the molecule is Cc1ccccc1Nc1c(-c2c[nH]c3ccccc23)[nH]c2ccc(Cl)c[n+]12. The number of imidazole rings is 1. The fraction of sp³-hybridized carbons (Fsp3) is 0.0455. The van der Waals surface area contributed by atoms with Gasteiger partial charge in [0.1, 0.15) is 0 Å². The van der Waals surface area contributed by atoms with Crippen molar-refractivity contribution in [1.82, 2.24) is 9.97 Å². The number of hydrogen-bond acceptors (Lipinski definition) is 1. The Bertz CT molecular complexity index is 1280. The van der Waals surface area contributed by atoms with Crippen molar-refractivity contribution < 1.29 is 4.40 Å². The van der Waals surface area contributed by atoms with Crippen LogP contribution >= 0.6 is 11.6 Å². The van der Waals surface area contributed by atoms with Gasteiger partial charge in [-0.2, -0.15) is 0 Å². The van der Waals surface area contributed by atoms with E-state index in [2.05, 4.69) is 56.9 Å². The van der Waals surface area contributed by atoms with Gasteiger partial charge in [0, 0.05) is 28.7 Å². The van der Waals surface area contributed by atoms with Crippen molar-refractivity contribution in [3.05, 3.63) is 83.6 Å². The van der Waals surface area contributed by atoms with Crippen LogP contribution in [0.15, 0.2) is 73.1 Å². The highest BCUT2D eigenvalue weighted by Gasteiger charge is 2.23. The first-order valence-corrected chi connectivity index (χ1v) is 9.20. The van der Waals surface area contributed by atoms with Crippen molar-refractivity contribution in [2.24, 2.45) is 0 Å². The number of aryl methyl sites for hydroxylation is 1. The van der Waals surface area contributed by atoms with Crippen LogP contribution in [-0.2, 0) is 0 Å². The fourth-order valence-electron chi connectivity index (χ4n) is 3.51. The molecule has 0 atom stereocenters. The van der Waals surface area contributed by atoms with Crippen LogP contribution in [0.25, 0.3) is 27.8 Å². The van der Waals surface area contributed by atoms with Crippen molar-refractivity contribution >= 4 is 39.7 Å². The number of benzene rings is 2. The molecule has 5 aromatic rings. The van der Waals surface area contributed by atoms with Crippen LogP contribution in [0.2, 0.25) is 5.02 Å². The highest BCUT2D eigenvalue weighted by atomic mass is 35.5. The first kappa shape index (κ1) is 16.0. The standard InChI is InChI=1S/C22H17ClN4/c1-14-6-2-4-8-18(14)25-22-21(26-20-11-10-15(23)13-27(20)22)17-12-24-19-9-5-3-7-16(17)19/h2-13,24-25H,1H3/p+1. The van der Waals surface area contributed by atoms with Crippen molar-refractivity contribution in [3.63, 3.8) is 0 Å². The predicted molar refractivity (Wildman–Crippen MR) is 111 cm³/mol. The van der Waals surface area contributed by atoms with E-state index in [0.29, 0.717) is 5.02 Å². The molecule has 3 heterocycles. The van der Waals surface area contributed by atoms with Crippen LogP contribution in [0.1, 0.15) is 5.56 Å². The molecule has 0 spiro atoms. The third kappa shape index (κ3) is 2.66. The molecule has 5 heteroatoms. The summed E-state index contributed by atoms with van der Waals surface area (Å²) in [6, 6.07) is 20.4. The zero-order valence-electron chi connectivity index (χ0n) is 14.8. The molecule has 0 aliphatic heterocycles. The molecule has 132 valence electrons. The summed E-state index contributed by atoms with van der Waals surface area (Å²) in [6.45, 7) is 2.10. The molecule has 27 heavy (non-hydrogen) atoms. The molecule has 0 radical (unpaired) electrons. The van der Waals surface area contributed by atoms with Gasteiger partial charge in [-0.05, 0) is 30.7 Å². The topological polar surface area (TPSA) is 47.7 Å². The predicted octanol–water partition coefficient (Wildman–Crippen LogP) is 5.61. The second kappa shape index (κ2) is 6.18. The van der Waals surface area contributed by atoms with Gasteiger partial charge in [-0.25, -0.2) is 4.40 Å². The number of fused-ring (bicyclic) bond motifs is 2. The summed E-state index contributed by atoms with van der Waals surface area (Å²) in [4.78, 5) is 6.91. The van der Waals surface area contributed by atoms with E-state index in [1.165, 1.54) is 10.9 Å². The highest BCUT2D eigenvalue weighted by molar-refractivity contribution is 6.30. The van der Waals surface area contributed by atoms with Gasteiger partial charge >= 0.3 is 0 Å². The molecule has 5 rings (SSSR count). The van der Waals surface area contributed by atoms with Crippen LogP contribution < -0.4 is 9.72 Å². The molecule has 0 aliphatic carbocycles. The van der Waals surface area contributed by atoms with Gasteiger partial charge in [0.25, 0.3) is 5.82 Å². The largest absolute Gasteiger partial charge is 0.360 e. The molecule has 0 saturated carbocycles. The minimum Gasteiger partial charge on any atom is -0.360 e. The Hall–Kier alpha value is -3.24. The van der Waals surface area contributed by atoms with E-state index in [9.17, 15) is 0 Å². The maximum Gasteiger partial charge on any atom is 0.271 e. The number of anilines is 2. The lowest BCUT2D eigenvalue weighted by molar-refractivity contribution is -0.493. The molecule has 2 aromatic carbocycles. The number of halogens is 1. The Morgan fingerprint density at radius 2 is 1.78 bits per heavy atom. The first-order chi connectivity index (χ1) is 13.2. The zero-order valence-corrected chi connectivity index (χ0v) is 15.5. The van der Waals surface area contributed by atoms with E-state index in [1.807, 2.05) is 42.7 Å². The van der Waals surface area contributed by atoms with Crippen molar-refractivity contribution in [2.45, 2.75) is 6.92 Å². The maximum absolute atomic E-state index is 6.29. The molecule has 0 fully saturated rings. The van der Waals surface area contributed by atoms with Crippen molar-refractivity contribution in [2.75, 3.05) is 5.32 Å². The molecule has 3 aromatic heterocycles. The quantitative estimate of drug-likeness (QED) is 0.354. The van der Waals surface area contributed by atoms with Crippen LogP contribution in [0.5, 0.6) is 0 Å². The van der Waals surface area contributed by atoms with Crippen LogP contribution in [-0.4, -0.2) is 9.97 Å². The van der Waals surface area contributed by atoms with Gasteiger partial charge in [0.15, 0.2) is 5.69 Å². The lowest BCUT2D eigenvalue weighted by Crippen LogP contribution is -2.22. The second-order valence-electron chi connectivity index (χ2n) is 6.64. The summed E-state index contributed by atoms with van der Waals surface area (Å²) in [5.74, 6) is 0.951. The molecule has 0 saturated heterocycles. The first-order valence-electron chi connectivity index (χ1n) is 8.83. The summed E-state index contributed by atoms with van der Waals surface area (Å²) in [5.41, 5.74) is 6.44. The van der Waals surface area contributed by atoms with Gasteiger partial charge in [0.2, 0.25) is 5.65 Å². The lowest BCUT2D eigenvalue weighted by Gasteiger charge is -2.05. The normalized spacial score (nSPS) is 11.3. The molecular weight excluding hydrogens is 356 g/mol. The third-order valence-electron chi connectivity index (χ3n) is 4.90. The van der Waals surface area contributed by atoms with Crippen LogP contribution in [0, 0.1) is 6.92 Å².